The van der Waals surface area contributed by atoms with Crippen molar-refractivity contribution in [1.82, 2.24) is 0 Å². The molecule has 0 bridgehead atoms. The van der Waals surface area contributed by atoms with Crippen LogP contribution in [-0.4, -0.2) is 42.8 Å². The van der Waals surface area contributed by atoms with Gasteiger partial charge < -0.3 is 9.47 Å². The lowest BCUT2D eigenvalue weighted by Crippen LogP contribution is -2.29. The third-order valence-electron chi connectivity index (χ3n) is 4.25. The highest BCUT2D eigenvalue weighted by Crippen LogP contribution is 2.35. The molecule has 3 rings (SSSR count). The smallest absolute Gasteiger partial charge is 0.232 e. The minimum absolute atomic E-state index is 0.0954. The van der Waals surface area contributed by atoms with Gasteiger partial charge in [-0.15, -0.1) is 0 Å². The number of rotatable bonds is 5. The van der Waals surface area contributed by atoms with Crippen LogP contribution >= 0.6 is 0 Å². The fourth-order valence-corrected chi connectivity index (χ4v) is 5.48. The van der Waals surface area contributed by atoms with Crippen molar-refractivity contribution in [3.05, 3.63) is 42.0 Å². The van der Waals surface area contributed by atoms with Gasteiger partial charge in [-0.25, -0.2) is 16.8 Å². The Morgan fingerprint density at radius 3 is 2.22 bits per heavy atom. The first-order valence-electron chi connectivity index (χ1n) is 8.37. The third-order valence-corrected chi connectivity index (χ3v) is 7.43. The first-order valence-corrected chi connectivity index (χ1v) is 11.7. The van der Waals surface area contributed by atoms with Crippen LogP contribution in [0.3, 0.4) is 0 Å². The molecule has 0 aromatic heterocycles. The molecule has 1 aliphatic rings. The third kappa shape index (κ3) is 3.74. The number of nitrogens with zero attached hydrogens (tertiary/aromatic N) is 1. The minimum atomic E-state index is -3.79. The summed E-state index contributed by atoms with van der Waals surface area (Å²) in [6.07, 6.45) is 1.12. The van der Waals surface area contributed by atoms with E-state index in [0.29, 0.717) is 36.0 Å². The second-order valence-electron chi connectivity index (χ2n) is 6.19. The van der Waals surface area contributed by atoms with Crippen LogP contribution in [0.5, 0.6) is 11.5 Å². The number of anilines is 1. The zero-order valence-corrected chi connectivity index (χ0v) is 16.9. The topological polar surface area (TPSA) is 90.0 Å². The normalized spacial score (nSPS) is 14.0. The Balaban J connectivity index is 2.03. The fraction of sp³-hybridized carbons (Fsp3) is 0.333. The largest absolute Gasteiger partial charge is 0.486 e. The second-order valence-corrected chi connectivity index (χ2v) is 10.0. The van der Waals surface area contributed by atoms with Gasteiger partial charge in [-0.2, -0.15) is 0 Å². The molecule has 1 aliphatic heterocycles. The van der Waals surface area contributed by atoms with E-state index in [2.05, 4.69) is 0 Å². The van der Waals surface area contributed by atoms with Crippen molar-refractivity contribution in [1.29, 1.82) is 0 Å². The molecule has 0 spiro atoms. The van der Waals surface area contributed by atoms with Crippen LogP contribution < -0.4 is 13.8 Å². The molecule has 0 amide bonds. The Morgan fingerprint density at radius 2 is 1.63 bits per heavy atom. The summed E-state index contributed by atoms with van der Waals surface area (Å²) in [6.45, 7) is 4.41. The van der Waals surface area contributed by atoms with E-state index >= 15 is 0 Å². The van der Waals surface area contributed by atoms with Crippen molar-refractivity contribution < 1.29 is 26.3 Å². The molecule has 7 nitrogen and oxygen atoms in total. The Hall–Kier alpha value is -2.26. The van der Waals surface area contributed by atoms with Crippen molar-refractivity contribution in [2.24, 2.45) is 0 Å². The van der Waals surface area contributed by atoms with Gasteiger partial charge in [0, 0.05) is 12.6 Å². The average Bonchev–Trinajstić information content (AvgIpc) is 2.60. The van der Waals surface area contributed by atoms with Gasteiger partial charge in [0.15, 0.2) is 11.5 Å². The molecule has 0 saturated carbocycles. The highest BCUT2D eigenvalue weighted by Gasteiger charge is 2.24. The summed E-state index contributed by atoms with van der Waals surface area (Å²) in [7, 11) is -7.23. The van der Waals surface area contributed by atoms with Crippen LogP contribution in [0.25, 0.3) is 0 Å². The monoisotopic (exact) mass is 411 g/mol. The molecule has 2 aromatic rings. The maximum atomic E-state index is 13.1. The molecular weight excluding hydrogens is 390 g/mol. The van der Waals surface area contributed by atoms with Crippen LogP contribution in [-0.2, 0) is 19.9 Å². The van der Waals surface area contributed by atoms with Gasteiger partial charge in [0.25, 0.3) is 0 Å². The quantitative estimate of drug-likeness (QED) is 0.750. The summed E-state index contributed by atoms with van der Waals surface area (Å²) in [5.41, 5.74) is 0.892. The SMILES string of the molecule is CCN(c1ccc(S(=O)(=O)c2ccc3c(c2)OCCO3)c(C)c1)S(C)(=O)=O. The number of benzene rings is 2. The van der Waals surface area contributed by atoms with Gasteiger partial charge in [-0.1, -0.05) is 0 Å². The van der Waals surface area contributed by atoms with E-state index in [1.165, 1.54) is 28.6 Å². The van der Waals surface area contributed by atoms with E-state index in [4.69, 9.17) is 9.47 Å². The molecule has 0 radical (unpaired) electrons. The standard InChI is InChI=1S/C18H21NO6S2/c1-4-19(26(3,20)21)14-5-8-18(13(2)11-14)27(22,23)15-6-7-16-17(12-15)25-10-9-24-16/h5-8,11-12H,4,9-10H2,1-3H3. The molecule has 2 aromatic carbocycles. The number of hydrogen-bond acceptors (Lipinski definition) is 6. The summed E-state index contributed by atoms with van der Waals surface area (Å²) in [5.74, 6) is 0.907. The molecule has 0 N–H and O–H groups in total. The number of fused-ring (bicyclic) bond motifs is 1. The summed E-state index contributed by atoms with van der Waals surface area (Å²) >= 11 is 0. The van der Waals surface area contributed by atoms with Crippen LogP contribution in [0, 0.1) is 6.92 Å². The maximum Gasteiger partial charge on any atom is 0.232 e. The van der Waals surface area contributed by atoms with Crippen molar-refractivity contribution in [2.75, 3.05) is 30.3 Å². The number of ether oxygens (including phenoxy) is 2. The average molecular weight is 412 g/mol. The highest BCUT2D eigenvalue weighted by atomic mass is 32.2. The van der Waals surface area contributed by atoms with E-state index in [9.17, 15) is 16.8 Å². The highest BCUT2D eigenvalue weighted by molar-refractivity contribution is 7.92. The lowest BCUT2D eigenvalue weighted by molar-refractivity contribution is 0.171. The summed E-state index contributed by atoms with van der Waals surface area (Å²) in [4.78, 5) is 0.213. The predicted octanol–water partition coefficient (Wildman–Crippen LogP) is 2.38. The van der Waals surface area contributed by atoms with E-state index in [1.54, 1.807) is 26.0 Å². The van der Waals surface area contributed by atoms with Crippen molar-refractivity contribution in [2.45, 2.75) is 23.6 Å². The van der Waals surface area contributed by atoms with Crippen molar-refractivity contribution in [3.63, 3.8) is 0 Å². The molecule has 0 fully saturated rings. The van der Waals surface area contributed by atoms with Gasteiger partial charge in [0.2, 0.25) is 19.9 Å². The van der Waals surface area contributed by atoms with E-state index in [0.717, 1.165) is 6.26 Å². The number of sulfonamides is 1. The zero-order chi connectivity index (χ0) is 19.8. The van der Waals surface area contributed by atoms with Crippen LogP contribution in [0.15, 0.2) is 46.2 Å². The first kappa shape index (κ1) is 19.5. The van der Waals surface area contributed by atoms with Gasteiger partial charge in [0.05, 0.1) is 21.7 Å². The molecule has 0 unspecified atom stereocenters. The first-order chi connectivity index (χ1) is 12.6. The molecule has 1 heterocycles. The van der Waals surface area contributed by atoms with Crippen molar-refractivity contribution in [3.8, 4) is 11.5 Å². The molecule has 0 atom stereocenters. The molecule has 146 valence electrons. The van der Waals surface area contributed by atoms with E-state index < -0.39 is 19.9 Å². The number of hydrogen-bond donors (Lipinski definition) is 0. The summed E-state index contributed by atoms with van der Waals surface area (Å²) in [6, 6.07) is 9.01. The summed E-state index contributed by atoms with van der Waals surface area (Å²) < 4.78 is 62.0. The molecule has 0 aliphatic carbocycles. The van der Waals surface area contributed by atoms with Crippen LogP contribution in [0.2, 0.25) is 0 Å². The van der Waals surface area contributed by atoms with E-state index in [-0.39, 0.29) is 16.3 Å². The lowest BCUT2D eigenvalue weighted by atomic mass is 10.2. The fourth-order valence-electron chi connectivity index (χ4n) is 3.02. The Labute approximate surface area is 159 Å². The predicted molar refractivity (Wildman–Crippen MR) is 102 cm³/mol. The number of aryl methyl sites for hydroxylation is 1. The Bertz CT molecular complexity index is 1080. The van der Waals surface area contributed by atoms with Gasteiger partial charge in [-0.3, -0.25) is 4.31 Å². The van der Waals surface area contributed by atoms with Crippen LogP contribution in [0.4, 0.5) is 5.69 Å². The Morgan fingerprint density at radius 1 is 0.963 bits per heavy atom. The van der Waals surface area contributed by atoms with E-state index in [1.807, 2.05) is 0 Å². The second kappa shape index (κ2) is 7.05. The minimum Gasteiger partial charge on any atom is -0.486 e. The summed E-state index contributed by atoms with van der Waals surface area (Å²) in [5, 5.41) is 0. The number of sulfone groups is 1. The molecule has 0 saturated heterocycles. The van der Waals surface area contributed by atoms with Crippen LogP contribution in [0.1, 0.15) is 12.5 Å². The zero-order valence-electron chi connectivity index (χ0n) is 15.3. The molecule has 9 heteroatoms. The molecular formula is C18H21NO6S2. The van der Waals surface area contributed by atoms with Gasteiger partial charge in [-0.05, 0) is 49.7 Å². The Kier molecular flexibility index (Phi) is 5.09. The van der Waals surface area contributed by atoms with Gasteiger partial charge in [0.1, 0.15) is 13.2 Å². The lowest BCUT2D eigenvalue weighted by Gasteiger charge is -2.22. The maximum absolute atomic E-state index is 13.1. The van der Waals surface area contributed by atoms with Gasteiger partial charge >= 0.3 is 0 Å². The van der Waals surface area contributed by atoms with Crippen molar-refractivity contribution >= 4 is 25.5 Å². The molecule has 27 heavy (non-hydrogen) atoms.